The van der Waals surface area contributed by atoms with Gasteiger partial charge in [0.1, 0.15) is 0 Å². The Labute approximate surface area is 82.1 Å². The van der Waals surface area contributed by atoms with Gasteiger partial charge in [-0.3, -0.25) is 0 Å². The molecule has 3 heteroatoms. The van der Waals surface area contributed by atoms with Gasteiger partial charge in [-0.1, -0.05) is 6.92 Å². The smallest absolute Gasteiger partial charge is 0.0255 e. The van der Waals surface area contributed by atoms with Gasteiger partial charge in [-0.2, -0.15) is 0 Å². The predicted octanol–water partition coefficient (Wildman–Crippen LogP) is 0.0877. The van der Waals surface area contributed by atoms with Crippen LogP contribution in [0.15, 0.2) is 0 Å². The van der Waals surface area contributed by atoms with Crippen molar-refractivity contribution in [3.8, 4) is 0 Å². The number of likely N-dealkylation sites (N-methyl/N-ethyl adjacent to an activating group) is 2. The summed E-state index contributed by atoms with van der Waals surface area (Å²) in [5.74, 6) is 0.798. The Morgan fingerprint density at radius 2 is 1.85 bits per heavy atom. The van der Waals surface area contributed by atoms with Crippen LogP contribution in [0, 0.1) is 5.92 Å². The first kappa shape index (κ1) is 11.0. The third kappa shape index (κ3) is 3.25. The highest BCUT2D eigenvalue weighted by atomic mass is 15.2. The molecule has 0 radical (unpaired) electrons. The van der Waals surface area contributed by atoms with Crippen LogP contribution in [0.4, 0.5) is 0 Å². The first-order chi connectivity index (χ1) is 6.11. The van der Waals surface area contributed by atoms with Gasteiger partial charge in [-0.25, -0.2) is 0 Å². The molecule has 0 aromatic rings. The largest absolute Gasteiger partial charge is 0.315 e. The zero-order valence-electron chi connectivity index (χ0n) is 9.38. The second kappa shape index (κ2) is 4.94. The molecule has 1 N–H and O–H groups in total. The van der Waals surface area contributed by atoms with Crippen LogP contribution in [0.2, 0.25) is 0 Å². The molecule has 0 spiro atoms. The van der Waals surface area contributed by atoms with Crippen molar-refractivity contribution in [3.05, 3.63) is 0 Å². The summed E-state index contributed by atoms with van der Waals surface area (Å²) in [5.41, 5.74) is 0. The standard InChI is InChI=1S/C10H23N3/c1-9-7-11-8-10(9)13(4)6-5-12(2)3/h9-11H,5-8H2,1-4H3. The molecule has 1 aliphatic heterocycles. The van der Waals surface area contributed by atoms with E-state index in [1.165, 1.54) is 13.1 Å². The molecule has 0 bridgehead atoms. The Hall–Kier alpha value is -0.120. The normalized spacial score (nSPS) is 29.1. The first-order valence-electron chi connectivity index (χ1n) is 5.17. The summed E-state index contributed by atoms with van der Waals surface area (Å²) in [6.07, 6.45) is 0. The monoisotopic (exact) mass is 185 g/mol. The van der Waals surface area contributed by atoms with Gasteiger partial charge in [-0.05, 0) is 33.6 Å². The average Bonchev–Trinajstić information content (AvgIpc) is 2.47. The Morgan fingerprint density at radius 1 is 1.15 bits per heavy atom. The molecule has 0 saturated carbocycles. The molecule has 2 unspecified atom stereocenters. The molecular formula is C10H23N3. The van der Waals surface area contributed by atoms with E-state index in [4.69, 9.17) is 0 Å². The molecule has 0 aliphatic carbocycles. The number of hydrogen-bond acceptors (Lipinski definition) is 3. The van der Waals surface area contributed by atoms with E-state index in [9.17, 15) is 0 Å². The minimum atomic E-state index is 0.736. The summed E-state index contributed by atoms with van der Waals surface area (Å²) in [6.45, 7) is 6.99. The van der Waals surface area contributed by atoms with Crippen molar-refractivity contribution < 1.29 is 0 Å². The zero-order chi connectivity index (χ0) is 9.84. The van der Waals surface area contributed by atoms with Crippen molar-refractivity contribution in [3.63, 3.8) is 0 Å². The van der Waals surface area contributed by atoms with Crippen LogP contribution >= 0.6 is 0 Å². The fraction of sp³-hybridized carbons (Fsp3) is 1.00. The lowest BCUT2D eigenvalue weighted by Gasteiger charge is -2.28. The van der Waals surface area contributed by atoms with Crippen LogP contribution in [0.25, 0.3) is 0 Å². The van der Waals surface area contributed by atoms with Crippen LogP contribution < -0.4 is 5.32 Å². The molecule has 78 valence electrons. The van der Waals surface area contributed by atoms with Crippen molar-refractivity contribution in [2.75, 3.05) is 47.3 Å². The maximum Gasteiger partial charge on any atom is 0.0255 e. The topological polar surface area (TPSA) is 18.5 Å². The second-order valence-corrected chi connectivity index (χ2v) is 4.49. The van der Waals surface area contributed by atoms with Gasteiger partial charge < -0.3 is 15.1 Å². The number of rotatable bonds is 4. The molecule has 0 aromatic heterocycles. The lowest BCUT2D eigenvalue weighted by molar-refractivity contribution is 0.199. The van der Waals surface area contributed by atoms with E-state index >= 15 is 0 Å². The molecule has 1 heterocycles. The SMILES string of the molecule is CC1CNCC1N(C)CCN(C)C. The zero-order valence-corrected chi connectivity index (χ0v) is 9.38. The lowest BCUT2D eigenvalue weighted by Crippen LogP contribution is -2.40. The molecule has 1 rings (SSSR count). The molecule has 1 fully saturated rings. The second-order valence-electron chi connectivity index (χ2n) is 4.49. The van der Waals surface area contributed by atoms with E-state index < -0.39 is 0 Å². The highest BCUT2D eigenvalue weighted by Crippen LogP contribution is 2.13. The van der Waals surface area contributed by atoms with Crippen molar-refractivity contribution in [2.45, 2.75) is 13.0 Å². The molecule has 0 amide bonds. The summed E-state index contributed by atoms with van der Waals surface area (Å²) in [6, 6.07) is 0.736. The minimum Gasteiger partial charge on any atom is -0.315 e. The van der Waals surface area contributed by atoms with Crippen LogP contribution in [-0.4, -0.2) is 63.2 Å². The van der Waals surface area contributed by atoms with Crippen LogP contribution in [0.1, 0.15) is 6.92 Å². The van der Waals surface area contributed by atoms with E-state index in [0.29, 0.717) is 0 Å². The summed E-state index contributed by atoms with van der Waals surface area (Å²) in [4.78, 5) is 4.72. The molecular weight excluding hydrogens is 162 g/mol. The molecule has 0 aromatic carbocycles. The van der Waals surface area contributed by atoms with Gasteiger partial charge in [0, 0.05) is 25.7 Å². The van der Waals surface area contributed by atoms with Gasteiger partial charge in [0.2, 0.25) is 0 Å². The van der Waals surface area contributed by atoms with E-state index in [0.717, 1.165) is 25.0 Å². The maximum absolute atomic E-state index is 3.44. The van der Waals surface area contributed by atoms with Crippen molar-refractivity contribution in [2.24, 2.45) is 5.92 Å². The van der Waals surface area contributed by atoms with Crippen molar-refractivity contribution in [1.82, 2.24) is 15.1 Å². The summed E-state index contributed by atoms with van der Waals surface area (Å²) in [7, 11) is 6.49. The Bertz CT molecular complexity index is 147. The van der Waals surface area contributed by atoms with E-state index in [1.807, 2.05) is 0 Å². The summed E-state index contributed by atoms with van der Waals surface area (Å²) >= 11 is 0. The Balaban J connectivity index is 2.25. The highest BCUT2D eigenvalue weighted by molar-refractivity contribution is 4.84. The number of hydrogen-bond donors (Lipinski definition) is 1. The van der Waals surface area contributed by atoms with Crippen LogP contribution in [0.5, 0.6) is 0 Å². The quantitative estimate of drug-likeness (QED) is 0.669. The van der Waals surface area contributed by atoms with Gasteiger partial charge >= 0.3 is 0 Å². The fourth-order valence-electron chi connectivity index (χ4n) is 1.91. The average molecular weight is 185 g/mol. The molecule has 2 atom stereocenters. The number of nitrogens with one attached hydrogen (secondary N) is 1. The molecule has 1 saturated heterocycles. The third-order valence-electron chi connectivity index (χ3n) is 2.94. The van der Waals surface area contributed by atoms with Gasteiger partial charge in [0.15, 0.2) is 0 Å². The van der Waals surface area contributed by atoms with Gasteiger partial charge in [0.25, 0.3) is 0 Å². The lowest BCUT2D eigenvalue weighted by atomic mass is 10.1. The highest BCUT2D eigenvalue weighted by Gasteiger charge is 2.25. The van der Waals surface area contributed by atoms with Crippen molar-refractivity contribution in [1.29, 1.82) is 0 Å². The molecule has 13 heavy (non-hydrogen) atoms. The van der Waals surface area contributed by atoms with Crippen LogP contribution in [-0.2, 0) is 0 Å². The third-order valence-corrected chi connectivity index (χ3v) is 2.94. The van der Waals surface area contributed by atoms with Crippen LogP contribution in [0.3, 0.4) is 0 Å². The minimum absolute atomic E-state index is 0.736. The van der Waals surface area contributed by atoms with E-state index in [2.05, 4.69) is 43.2 Å². The predicted molar refractivity (Wildman–Crippen MR) is 57.0 cm³/mol. The Morgan fingerprint density at radius 3 is 2.31 bits per heavy atom. The molecule has 1 aliphatic rings. The Kier molecular flexibility index (Phi) is 4.16. The maximum atomic E-state index is 3.44. The fourth-order valence-corrected chi connectivity index (χ4v) is 1.91. The molecule has 3 nitrogen and oxygen atoms in total. The van der Waals surface area contributed by atoms with E-state index in [1.54, 1.807) is 0 Å². The van der Waals surface area contributed by atoms with Gasteiger partial charge in [-0.15, -0.1) is 0 Å². The number of nitrogens with zero attached hydrogens (tertiary/aromatic N) is 2. The summed E-state index contributed by atoms with van der Waals surface area (Å²) < 4.78 is 0. The first-order valence-corrected chi connectivity index (χ1v) is 5.17. The van der Waals surface area contributed by atoms with Crippen molar-refractivity contribution >= 4 is 0 Å². The van der Waals surface area contributed by atoms with E-state index in [-0.39, 0.29) is 0 Å². The van der Waals surface area contributed by atoms with Gasteiger partial charge in [0.05, 0.1) is 0 Å². The summed E-state index contributed by atoms with van der Waals surface area (Å²) in [5, 5.41) is 3.44.